The van der Waals surface area contributed by atoms with E-state index in [2.05, 4.69) is 15.1 Å². The van der Waals surface area contributed by atoms with Gasteiger partial charge in [0.25, 0.3) is 0 Å². The van der Waals surface area contributed by atoms with Gasteiger partial charge in [-0.15, -0.1) is 0 Å². The minimum atomic E-state index is -0.548. The molecule has 1 aromatic rings. The van der Waals surface area contributed by atoms with Crippen LogP contribution in [0.2, 0.25) is 0 Å². The molecule has 3 aliphatic rings. The number of piperidine rings is 1. The molecule has 1 spiro atoms. The lowest BCUT2D eigenvalue weighted by Crippen LogP contribution is -2.59. The van der Waals surface area contributed by atoms with Crippen molar-refractivity contribution in [1.29, 1.82) is 0 Å². The zero-order valence-electron chi connectivity index (χ0n) is 14.5. The minimum Gasteiger partial charge on any atom is -0.391 e. The number of carbonyl (C=O) groups is 1. The van der Waals surface area contributed by atoms with Crippen LogP contribution in [0.15, 0.2) is 24.3 Å². The smallest absolute Gasteiger partial charge is 0.247 e. The molecular weight excluding hydrogens is 321 g/mol. The summed E-state index contributed by atoms with van der Waals surface area (Å²) in [5, 5.41) is 13.3. The molecule has 0 bridgehead atoms. The quantitative estimate of drug-likeness (QED) is 0.857. The maximum Gasteiger partial charge on any atom is 0.247 e. The van der Waals surface area contributed by atoms with Crippen LogP contribution in [0.5, 0.6) is 0 Å². The Kier molecular flexibility index (Phi) is 4.41. The number of nitrogens with one attached hydrogen (secondary N) is 1. The van der Waals surface area contributed by atoms with Crippen LogP contribution in [0.1, 0.15) is 38.5 Å². The van der Waals surface area contributed by atoms with E-state index in [9.17, 15) is 14.3 Å². The van der Waals surface area contributed by atoms with Crippen molar-refractivity contribution in [2.45, 2.75) is 56.2 Å². The first-order valence-electron chi connectivity index (χ1n) is 9.34. The fourth-order valence-electron chi connectivity index (χ4n) is 4.79. The van der Waals surface area contributed by atoms with Crippen molar-refractivity contribution in [3.63, 3.8) is 0 Å². The number of carbonyl (C=O) groups excluding carboxylic acids is 1. The first-order chi connectivity index (χ1) is 12.1. The number of benzene rings is 1. The SMILES string of the molecule is O=C1NCN(c2ccc(F)cc2)C12CCN([C@@H]1CCCC[C@H]1O)CC2. The van der Waals surface area contributed by atoms with E-state index in [-0.39, 0.29) is 23.9 Å². The number of likely N-dealkylation sites (tertiary alicyclic amines) is 1. The molecular formula is C19H26FN3O2. The summed E-state index contributed by atoms with van der Waals surface area (Å²) in [6.45, 7) is 2.09. The first kappa shape index (κ1) is 16.8. The van der Waals surface area contributed by atoms with Crippen molar-refractivity contribution in [2.24, 2.45) is 0 Å². The van der Waals surface area contributed by atoms with E-state index in [1.807, 2.05) is 0 Å². The van der Waals surface area contributed by atoms with Crippen LogP contribution in [-0.4, -0.2) is 53.4 Å². The van der Waals surface area contributed by atoms with Crippen LogP contribution in [0.25, 0.3) is 0 Å². The number of aliphatic hydroxyl groups excluding tert-OH is 1. The first-order valence-corrected chi connectivity index (χ1v) is 9.34. The summed E-state index contributed by atoms with van der Waals surface area (Å²) in [5.74, 6) is -0.196. The van der Waals surface area contributed by atoms with Gasteiger partial charge in [0.15, 0.2) is 0 Å². The molecule has 0 unspecified atom stereocenters. The highest BCUT2D eigenvalue weighted by atomic mass is 19.1. The molecule has 2 N–H and O–H groups in total. The Morgan fingerprint density at radius 1 is 1.12 bits per heavy atom. The summed E-state index contributed by atoms with van der Waals surface area (Å²) in [5.41, 5.74) is 0.333. The van der Waals surface area contributed by atoms with Gasteiger partial charge >= 0.3 is 0 Å². The van der Waals surface area contributed by atoms with Gasteiger partial charge in [-0.2, -0.15) is 0 Å². The Morgan fingerprint density at radius 3 is 2.48 bits per heavy atom. The topological polar surface area (TPSA) is 55.8 Å². The van der Waals surface area contributed by atoms with Gasteiger partial charge in [-0.25, -0.2) is 4.39 Å². The maximum absolute atomic E-state index is 13.2. The van der Waals surface area contributed by atoms with E-state index < -0.39 is 5.54 Å². The second kappa shape index (κ2) is 6.57. The van der Waals surface area contributed by atoms with Crippen molar-refractivity contribution in [3.05, 3.63) is 30.1 Å². The average Bonchev–Trinajstić information content (AvgIpc) is 2.94. The van der Waals surface area contributed by atoms with Crippen molar-refractivity contribution < 1.29 is 14.3 Å². The van der Waals surface area contributed by atoms with Crippen LogP contribution >= 0.6 is 0 Å². The molecule has 136 valence electrons. The molecule has 0 aromatic heterocycles. The Morgan fingerprint density at radius 2 is 1.80 bits per heavy atom. The van der Waals surface area contributed by atoms with Crippen molar-refractivity contribution in [1.82, 2.24) is 10.2 Å². The van der Waals surface area contributed by atoms with E-state index in [1.165, 1.54) is 18.6 Å². The molecule has 1 amide bonds. The second-order valence-electron chi connectivity index (χ2n) is 7.56. The average molecular weight is 347 g/mol. The monoisotopic (exact) mass is 347 g/mol. The van der Waals surface area contributed by atoms with Gasteiger partial charge in [0, 0.05) is 24.8 Å². The fourth-order valence-corrected chi connectivity index (χ4v) is 4.79. The fraction of sp³-hybridized carbons (Fsp3) is 0.632. The Balaban J connectivity index is 1.51. The van der Waals surface area contributed by atoms with E-state index in [0.29, 0.717) is 6.67 Å². The van der Waals surface area contributed by atoms with Gasteiger partial charge in [0.05, 0.1) is 12.8 Å². The van der Waals surface area contributed by atoms with Crippen LogP contribution in [0, 0.1) is 5.82 Å². The van der Waals surface area contributed by atoms with E-state index in [0.717, 1.165) is 50.9 Å². The highest BCUT2D eigenvalue weighted by molar-refractivity contribution is 5.93. The predicted octanol–water partition coefficient (Wildman–Crippen LogP) is 1.86. The standard InChI is InChI=1S/C19H26FN3O2/c20-14-5-7-15(8-6-14)23-13-21-18(25)19(23)9-11-22(12-10-19)16-3-1-2-4-17(16)24/h5-8,16-17,24H,1-4,9-13H2,(H,21,25)/t16-,17-/m1/s1. The minimum absolute atomic E-state index is 0.0701. The Hall–Kier alpha value is -1.66. The number of amides is 1. The highest BCUT2D eigenvalue weighted by Crippen LogP contribution is 2.38. The molecule has 6 heteroatoms. The molecule has 2 heterocycles. The van der Waals surface area contributed by atoms with Crippen molar-refractivity contribution in [2.75, 3.05) is 24.7 Å². The summed E-state index contributed by atoms with van der Waals surface area (Å²) in [6.07, 6.45) is 5.44. The molecule has 1 aromatic carbocycles. The molecule has 2 atom stereocenters. The molecule has 2 aliphatic heterocycles. The van der Waals surface area contributed by atoms with Crippen LogP contribution in [0.3, 0.4) is 0 Å². The molecule has 5 nitrogen and oxygen atoms in total. The van der Waals surface area contributed by atoms with Gasteiger partial charge in [0.2, 0.25) is 5.91 Å². The van der Waals surface area contributed by atoms with Gasteiger partial charge in [-0.1, -0.05) is 12.8 Å². The lowest BCUT2D eigenvalue weighted by molar-refractivity contribution is -0.125. The maximum atomic E-state index is 13.2. The molecule has 1 aliphatic carbocycles. The van der Waals surface area contributed by atoms with Crippen LogP contribution < -0.4 is 10.2 Å². The van der Waals surface area contributed by atoms with E-state index in [1.54, 1.807) is 12.1 Å². The number of halogens is 1. The van der Waals surface area contributed by atoms with Gasteiger partial charge in [0.1, 0.15) is 11.4 Å². The number of aliphatic hydroxyl groups is 1. The van der Waals surface area contributed by atoms with Gasteiger partial charge in [-0.05, 0) is 49.9 Å². The number of rotatable bonds is 2. The molecule has 2 saturated heterocycles. The largest absolute Gasteiger partial charge is 0.391 e. The third-order valence-corrected chi connectivity index (χ3v) is 6.26. The van der Waals surface area contributed by atoms with Crippen LogP contribution in [0.4, 0.5) is 10.1 Å². The van der Waals surface area contributed by atoms with Crippen molar-refractivity contribution in [3.8, 4) is 0 Å². The van der Waals surface area contributed by atoms with E-state index in [4.69, 9.17) is 0 Å². The lowest BCUT2D eigenvalue weighted by Gasteiger charge is -2.47. The Bertz CT molecular complexity index is 628. The lowest BCUT2D eigenvalue weighted by atomic mass is 9.83. The van der Waals surface area contributed by atoms with E-state index >= 15 is 0 Å². The van der Waals surface area contributed by atoms with Gasteiger partial charge < -0.3 is 15.3 Å². The summed E-state index contributed by atoms with van der Waals surface area (Å²) >= 11 is 0. The number of hydrogen-bond donors (Lipinski definition) is 2. The molecule has 4 rings (SSSR count). The molecule has 1 saturated carbocycles. The van der Waals surface area contributed by atoms with Crippen LogP contribution in [-0.2, 0) is 4.79 Å². The summed E-state index contributed by atoms with van der Waals surface area (Å²) in [6, 6.07) is 6.61. The summed E-state index contributed by atoms with van der Waals surface area (Å²) in [7, 11) is 0. The third kappa shape index (κ3) is 2.91. The normalized spacial score (nSPS) is 29.8. The van der Waals surface area contributed by atoms with Gasteiger partial charge in [-0.3, -0.25) is 9.69 Å². The number of hydrogen-bond acceptors (Lipinski definition) is 4. The molecule has 3 fully saturated rings. The predicted molar refractivity (Wildman–Crippen MR) is 93.7 cm³/mol. The zero-order valence-corrected chi connectivity index (χ0v) is 14.5. The molecule has 25 heavy (non-hydrogen) atoms. The third-order valence-electron chi connectivity index (χ3n) is 6.26. The number of nitrogens with zero attached hydrogens (tertiary/aromatic N) is 2. The zero-order chi connectivity index (χ0) is 17.4. The Labute approximate surface area is 147 Å². The number of anilines is 1. The van der Waals surface area contributed by atoms with Crippen molar-refractivity contribution >= 4 is 11.6 Å². The summed E-state index contributed by atoms with van der Waals surface area (Å²) in [4.78, 5) is 17.1. The summed E-state index contributed by atoms with van der Waals surface area (Å²) < 4.78 is 13.2. The molecule has 0 radical (unpaired) electrons. The second-order valence-corrected chi connectivity index (χ2v) is 7.56. The highest BCUT2D eigenvalue weighted by Gasteiger charge is 2.51.